The highest BCUT2D eigenvalue weighted by molar-refractivity contribution is 7.90. The molecule has 0 saturated heterocycles. The minimum absolute atomic E-state index is 0.241. The maximum absolute atomic E-state index is 12.3. The molecule has 0 unspecified atom stereocenters. The van der Waals surface area contributed by atoms with E-state index in [0.29, 0.717) is 61.3 Å². The standard InChI is InChI=1S/C25H27N3O6S/c29-22(34-17-9-8-16-28-24(30)18-10-3-4-11-19(18)25(28)31)14-2-1-7-15-26-23-20-12-5-6-13-21(20)35(32,33)27-23/h3-6,10-13H,1-2,7-9,14-17H2,(H,26,27). The van der Waals surface area contributed by atoms with Crippen LogP contribution in [0.15, 0.2) is 58.4 Å². The third-order valence-corrected chi connectivity index (χ3v) is 7.29. The molecular formula is C25H27N3O6S. The van der Waals surface area contributed by atoms with Crippen molar-refractivity contribution in [2.45, 2.75) is 43.4 Å². The Balaban J connectivity index is 1.07. The summed E-state index contributed by atoms with van der Waals surface area (Å²) in [6.07, 6.45) is 3.56. The molecule has 0 aromatic heterocycles. The van der Waals surface area contributed by atoms with E-state index in [0.717, 1.165) is 12.8 Å². The van der Waals surface area contributed by atoms with Crippen LogP contribution in [0.4, 0.5) is 0 Å². The fourth-order valence-corrected chi connectivity index (χ4v) is 5.32. The van der Waals surface area contributed by atoms with Crippen LogP contribution < -0.4 is 4.72 Å². The number of unbranched alkanes of at least 4 members (excludes halogenated alkanes) is 3. The molecule has 0 spiro atoms. The zero-order chi connectivity index (χ0) is 24.8. The minimum Gasteiger partial charge on any atom is -0.466 e. The number of carbonyl (C=O) groups is 3. The van der Waals surface area contributed by atoms with Gasteiger partial charge in [0.2, 0.25) is 0 Å². The SMILES string of the molecule is O=C(CCCCCN=C1NS(=O)(=O)c2ccccc21)OCCCCN1C(=O)c2ccccc2C1=O. The molecule has 10 heteroatoms. The molecule has 9 nitrogen and oxygen atoms in total. The van der Waals surface area contributed by atoms with Gasteiger partial charge in [0.25, 0.3) is 21.8 Å². The summed E-state index contributed by atoms with van der Waals surface area (Å²) >= 11 is 0. The van der Waals surface area contributed by atoms with Crippen LogP contribution in [0, 0.1) is 0 Å². The predicted octanol–water partition coefficient (Wildman–Crippen LogP) is 2.91. The van der Waals surface area contributed by atoms with Crippen molar-refractivity contribution in [2.24, 2.45) is 4.99 Å². The minimum atomic E-state index is -3.53. The molecule has 2 aromatic rings. The van der Waals surface area contributed by atoms with E-state index in [1.165, 1.54) is 4.90 Å². The fourth-order valence-electron chi connectivity index (χ4n) is 4.07. The summed E-state index contributed by atoms with van der Waals surface area (Å²) in [7, 11) is -3.53. The number of fused-ring (bicyclic) bond motifs is 2. The Labute approximate surface area is 204 Å². The molecule has 0 atom stereocenters. The normalized spacial score (nSPS) is 16.8. The Morgan fingerprint density at radius 1 is 0.857 bits per heavy atom. The average Bonchev–Trinajstić information content (AvgIpc) is 3.26. The molecule has 0 bridgehead atoms. The number of benzene rings is 2. The molecule has 2 aliphatic rings. The number of carbonyl (C=O) groups excluding carboxylic acids is 3. The first-order chi connectivity index (χ1) is 16.9. The van der Waals surface area contributed by atoms with Crippen molar-refractivity contribution in [1.82, 2.24) is 9.62 Å². The third kappa shape index (κ3) is 5.59. The Morgan fingerprint density at radius 3 is 2.23 bits per heavy atom. The second-order valence-corrected chi connectivity index (χ2v) is 10.0. The van der Waals surface area contributed by atoms with Crippen LogP contribution in [0.25, 0.3) is 0 Å². The maximum Gasteiger partial charge on any atom is 0.305 e. The number of amidine groups is 1. The first-order valence-electron chi connectivity index (χ1n) is 11.7. The summed E-state index contributed by atoms with van der Waals surface area (Å²) in [4.78, 5) is 42.4. The number of hydrogen-bond donors (Lipinski definition) is 1. The van der Waals surface area contributed by atoms with Gasteiger partial charge in [0, 0.05) is 25.1 Å². The van der Waals surface area contributed by atoms with Crippen LogP contribution in [0.1, 0.15) is 64.8 Å². The second-order valence-electron chi connectivity index (χ2n) is 8.38. The zero-order valence-corrected chi connectivity index (χ0v) is 20.1. The predicted molar refractivity (Wildman–Crippen MR) is 129 cm³/mol. The summed E-state index contributed by atoms with van der Waals surface area (Å²) in [5.41, 5.74) is 1.45. The average molecular weight is 498 g/mol. The number of sulfonamides is 1. The summed E-state index contributed by atoms with van der Waals surface area (Å²) in [6, 6.07) is 13.5. The Bertz CT molecular complexity index is 1240. The van der Waals surface area contributed by atoms with Crippen molar-refractivity contribution in [3.8, 4) is 0 Å². The number of amides is 2. The van der Waals surface area contributed by atoms with Gasteiger partial charge in [0.1, 0.15) is 5.84 Å². The van der Waals surface area contributed by atoms with E-state index in [1.54, 1.807) is 48.5 Å². The van der Waals surface area contributed by atoms with Gasteiger partial charge in [-0.3, -0.25) is 29.0 Å². The van der Waals surface area contributed by atoms with Gasteiger partial charge in [-0.25, -0.2) is 8.42 Å². The number of nitrogens with zero attached hydrogens (tertiary/aromatic N) is 2. The molecule has 2 amide bonds. The maximum atomic E-state index is 12.3. The molecule has 2 aliphatic heterocycles. The third-order valence-electron chi connectivity index (χ3n) is 5.89. The highest BCUT2D eigenvalue weighted by atomic mass is 32.2. The van der Waals surface area contributed by atoms with Gasteiger partial charge >= 0.3 is 5.97 Å². The number of imide groups is 1. The highest BCUT2D eigenvalue weighted by Crippen LogP contribution is 2.23. The van der Waals surface area contributed by atoms with Crippen LogP contribution in [0.5, 0.6) is 0 Å². The molecule has 0 radical (unpaired) electrons. The molecule has 0 fully saturated rings. The number of esters is 1. The van der Waals surface area contributed by atoms with Gasteiger partial charge in [-0.2, -0.15) is 0 Å². The zero-order valence-electron chi connectivity index (χ0n) is 19.2. The second kappa shape index (κ2) is 10.8. The number of nitrogens with one attached hydrogen (secondary N) is 1. The lowest BCUT2D eigenvalue weighted by Crippen LogP contribution is -2.30. The van der Waals surface area contributed by atoms with Crippen molar-refractivity contribution >= 4 is 33.6 Å². The summed E-state index contributed by atoms with van der Waals surface area (Å²) in [5, 5.41) is 0. The summed E-state index contributed by atoms with van der Waals surface area (Å²) in [6.45, 7) is 1.00. The van der Waals surface area contributed by atoms with E-state index in [2.05, 4.69) is 9.71 Å². The van der Waals surface area contributed by atoms with Crippen LogP contribution in [-0.4, -0.2) is 56.6 Å². The first kappa shape index (κ1) is 24.6. The van der Waals surface area contributed by atoms with Crippen molar-refractivity contribution in [3.63, 3.8) is 0 Å². The number of rotatable bonds is 11. The van der Waals surface area contributed by atoms with Crippen molar-refractivity contribution < 1.29 is 27.5 Å². The molecule has 4 rings (SSSR count). The molecule has 35 heavy (non-hydrogen) atoms. The first-order valence-corrected chi connectivity index (χ1v) is 13.1. The molecule has 0 aliphatic carbocycles. The topological polar surface area (TPSA) is 122 Å². The smallest absolute Gasteiger partial charge is 0.305 e. The van der Waals surface area contributed by atoms with Crippen LogP contribution in [0.2, 0.25) is 0 Å². The van der Waals surface area contributed by atoms with Gasteiger partial charge in [-0.05, 0) is 49.9 Å². The van der Waals surface area contributed by atoms with Crippen molar-refractivity contribution in [3.05, 3.63) is 65.2 Å². The lowest BCUT2D eigenvalue weighted by Gasteiger charge is -2.13. The van der Waals surface area contributed by atoms with E-state index in [-0.39, 0.29) is 29.3 Å². The van der Waals surface area contributed by atoms with E-state index < -0.39 is 10.0 Å². The molecule has 2 aromatic carbocycles. The number of aliphatic imine (C=N–C) groups is 1. The Hall–Kier alpha value is -3.53. The molecule has 2 heterocycles. The lowest BCUT2D eigenvalue weighted by atomic mass is 10.1. The van der Waals surface area contributed by atoms with Crippen molar-refractivity contribution in [2.75, 3.05) is 19.7 Å². The molecular weight excluding hydrogens is 470 g/mol. The Kier molecular flexibility index (Phi) is 7.60. The van der Waals surface area contributed by atoms with E-state index in [4.69, 9.17) is 4.74 Å². The quantitative estimate of drug-likeness (QED) is 0.289. The van der Waals surface area contributed by atoms with Crippen LogP contribution in [-0.2, 0) is 19.6 Å². The van der Waals surface area contributed by atoms with Gasteiger partial charge in [0.15, 0.2) is 0 Å². The van der Waals surface area contributed by atoms with E-state index >= 15 is 0 Å². The Morgan fingerprint density at radius 2 is 1.51 bits per heavy atom. The van der Waals surface area contributed by atoms with E-state index in [1.807, 2.05) is 0 Å². The largest absolute Gasteiger partial charge is 0.466 e. The highest BCUT2D eigenvalue weighted by Gasteiger charge is 2.34. The van der Waals surface area contributed by atoms with E-state index in [9.17, 15) is 22.8 Å². The lowest BCUT2D eigenvalue weighted by molar-refractivity contribution is -0.143. The van der Waals surface area contributed by atoms with Gasteiger partial charge in [-0.1, -0.05) is 30.7 Å². The van der Waals surface area contributed by atoms with Gasteiger partial charge in [-0.15, -0.1) is 0 Å². The number of hydrogen-bond acceptors (Lipinski definition) is 7. The molecule has 1 N–H and O–H groups in total. The number of ether oxygens (including phenoxy) is 1. The van der Waals surface area contributed by atoms with Gasteiger partial charge in [0.05, 0.1) is 22.6 Å². The van der Waals surface area contributed by atoms with Gasteiger partial charge < -0.3 is 4.74 Å². The van der Waals surface area contributed by atoms with Crippen LogP contribution in [0.3, 0.4) is 0 Å². The molecule has 184 valence electrons. The summed E-state index contributed by atoms with van der Waals surface area (Å²) in [5.74, 6) is -0.472. The van der Waals surface area contributed by atoms with Crippen LogP contribution >= 0.6 is 0 Å². The summed E-state index contributed by atoms with van der Waals surface area (Å²) < 4.78 is 31.8. The fraction of sp³-hybridized carbons (Fsp3) is 0.360. The monoisotopic (exact) mass is 497 g/mol. The molecule has 0 saturated carbocycles. The van der Waals surface area contributed by atoms with Crippen molar-refractivity contribution in [1.29, 1.82) is 0 Å².